The lowest BCUT2D eigenvalue weighted by Crippen LogP contribution is -2.46. The van der Waals surface area contributed by atoms with Crippen molar-refractivity contribution in [3.05, 3.63) is 18.1 Å². The van der Waals surface area contributed by atoms with Gasteiger partial charge in [0.05, 0.1) is 24.7 Å². The van der Waals surface area contributed by atoms with Crippen LogP contribution in [0.3, 0.4) is 0 Å². The molecule has 0 saturated carbocycles. The highest BCUT2D eigenvalue weighted by atomic mass is 16.3. The number of nitrogens with zero attached hydrogens (tertiary/aromatic N) is 4. The van der Waals surface area contributed by atoms with E-state index in [2.05, 4.69) is 26.7 Å². The summed E-state index contributed by atoms with van der Waals surface area (Å²) in [5.41, 5.74) is 0.637. The molecule has 1 N–H and O–H groups in total. The smallest absolute Gasteiger partial charge is 0.147 e. The summed E-state index contributed by atoms with van der Waals surface area (Å²) in [5.74, 6) is 0.882. The molecule has 1 aromatic rings. The first kappa shape index (κ1) is 12.3. The normalized spacial score (nSPS) is 17.4. The molecule has 1 fully saturated rings. The Hall–Kier alpha value is -1.20. The summed E-state index contributed by atoms with van der Waals surface area (Å²) in [6.07, 6.45) is 4.59. The van der Waals surface area contributed by atoms with Crippen molar-refractivity contribution < 1.29 is 5.11 Å². The highest BCUT2D eigenvalue weighted by Gasteiger charge is 2.17. The predicted octanol–water partition coefficient (Wildman–Crippen LogP) is 0.501. The predicted molar refractivity (Wildman–Crippen MR) is 66.9 cm³/mol. The van der Waals surface area contributed by atoms with Crippen LogP contribution in [0.2, 0.25) is 0 Å². The van der Waals surface area contributed by atoms with Crippen LogP contribution in [0.25, 0.3) is 0 Å². The molecule has 0 amide bonds. The van der Waals surface area contributed by atoms with Gasteiger partial charge in [-0.2, -0.15) is 0 Å². The third kappa shape index (κ3) is 3.14. The minimum atomic E-state index is -0.0450. The van der Waals surface area contributed by atoms with Gasteiger partial charge in [-0.1, -0.05) is 6.92 Å². The number of aliphatic hydroxyl groups is 1. The van der Waals surface area contributed by atoms with Crippen molar-refractivity contribution in [3.8, 4) is 0 Å². The van der Waals surface area contributed by atoms with Crippen molar-refractivity contribution >= 4 is 5.82 Å². The Morgan fingerprint density at radius 3 is 2.65 bits per heavy atom. The second kappa shape index (κ2) is 5.93. The monoisotopic (exact) mass is 236 g/mol. The fraction of sp³-hybridized carbons (Fsp3) is 0.667. The van der Waals surface area contributed by atoms with Crippen molar-refractivity contribution in [3.63, 3.8) is 0 Å². The van der Waals surface area contributed by atoms with Crippen LogP contribution in [0.1, 0.15) is 19.0 Å². The van der Waals surface area contributed by atoms with Crippen molar-refractivity contribution in [2.45, 2.75) is 20.0 Å². The summed E-state index contributed by atoms with van der Waals surface area (Å²) in [7, 11) is 0. The number of anilines is 1. The van der Waals surface area contributed by atoms with E-state index < -0.39 is 0 Å². The molecule has 5 nitrogen and oxygen atoms in total. The van der Waals surface area contributed by atoms with Crippen LogP contribution >= 0.6 is 0 Å². The van der Waals surface area contributed by atoms with Crippen molar-refractivity contribution in [1.82, 2.24) is 14.9 Å². The number of piperazine rings is 1. The van der Waals surface area contributed by atoms with E-state index in [-0.39, 0.29) is 6.61 Å². The van der Waals surface area contributed by atoms with E-state index in [0.29, 0.717) is 5.69 Å². The zero-order chi connectivity index (χ0) is 12.1. The van der Waals surface area contributed by atoms with Gasteiger partial charge in [0.25, 0.3) is 0 Å². The van der Waals surface area contributed by atoms with Gasteiger partial charge in [0.15, 0.2) is 0 Å². The van der Waals surface area contributed by atoms with E-state index in [0.717, 1.165) is 32.0 Å². The molecule has 0 bridgehead atoms. The van der Waals surface area contributed by atoms with Crippen molar-refractivity contribution in [2.24, 2.45) is 0 Å². The zero-order valence-electron chi connectivity index (χ0n) is 10.3. The molecule has 0 unspecified atom stereocenters. The summed E-state index contributed by atoms with van der Waals surface area (Å²) in [6, 6.07) is 0. The van der Waals surface area contributed by atoms with Crippen molar-refractivity contribution in [2.75, 3.05) is 37.6 Å². The molecule has 1 saturated heterocycles. The van der Waals surface area contributed by atoms with Crippen LogP contribution in [0.4, 0.5) is 5.82 Å². The van der Waals surface area contributed by atoms with Crippen LogP contribution in [0.5, 0.6) is 0 Å². The average Bonchev–Trinajstić information content (AvgIpc) is 2.40. The van der Waals surface area contributed by atoms with E-state index in [1.807, 2.05) is 0 Å². The average molecular weight is 236 g/mol. The van der Waals surface area contributed by atoms with Gasteiger partial charge in [-0.05, 0) is 13.0 Å². The third-order valence-electron chi connectivity index (χ3n) is 3.07. The van der Waals surface area contributed by atoms with E-state index in [1.165, 1.54) is 13.0 Å². The number of hydrogen-bond donors (Lipinski definition) is 1. The van der Waals surface area contributed by atoms with Crippen LogP contribution in [0, 0.1) is 0 Å². The minimum absolute atomic E-state index is 0.0450. The first-order chi connectivity index (χ1) is 8.33. The molecule has 1 aliphatic heterocycles. The second-order valence-corrected chi connectivity index (χ2v) is 4.36. The summed E-state index contributed by atoms with van der Waals surface area (Å²) in [6.45, 7) is 7.49. The van der Waals surface area contributed by atoms with Gasteiger partial charge in [0.1, 0.15) is 5.82 Å². The van der Waals surface area contributed by atoms with Gasteiger partial charge >= 0.3 is 0 Å². The number of hydrogen-bond acceptors (Lipinski definition) is 5. The zero-order valence-corrected chi connectivity index (χ0v) is 10.3. The summed E-state index contributed by atoms with van der Waals surface area (Å²) in [5, 5.41) is 9.04. The van der Waals surface area contributed by atoms with Crippen LogP contribution < -0.4 is 4.90 Å². The first-order valence-corrected chi connectivity index (χ1v) is 6.22. The Morgan fingerprint density at radius 2 is 2.00 bits per heavy atom. The Balaban J connectivity index is 1.95. The summed E-state index contributed by atoms with van der Waals surface area (Å²) in [4.78, 5) is 13.2. The van der Waals surface area contributed by atoms with Gasteiger partial charge in [0.2, 0.25) is 0 Å². The highest BCUT2D eigenvalue weighted by molar-refractivity contribution is 5.36. The van der Waals surface area contributed by atoms with Crippen molar-refractivity contribution in [1.29, 1.82) is 0 Å². The Morgan fingerprint density at radius 1 is 1.24 bits per heavy atom. The summed E-state index contributed by atoms with van der Waals surface area (Å²) < 4.78 is 0. The molecule has 2 rings (SSSR count). The van der Waals surface area contributed by atoms with E-state index >= 15 is 0 Å². The highest BCUT2D eigenvalue weighted by Crippen LogP contribution is 2.13. The molecule has 0 atom stereocenters. The lowest BCUT2D eigenvalue weighted by Gasteiger charge is -2.35. The molecule has 17 heavy (non-hydrogen) atoms. The Bertz CT molecular complexity index is 350. The quantitative estimate of drug-likeness (QED) is 0.825. The standard InChI is InChI=1S/C12H20N4O/c1-2-3-15-4-6-16(7-5-15)12-9-13-8-11(10-17)14-12/h8-9,17H,2-7,10H2,1H3. The van der Waals surface area contributed by atoms with Gasteiger partial charge < -0.3 is 10.0 Å². The van der Waals surface area contributed by atoms with E-state index in [9.17, 15) is 0 Å². The van der Waals surface area contributed by atoms with Crippen LogP contribution in [-0.4, -0.2) is 52.7 Å². The lowest BCUT2D eigenvalue weighted by molar-refractivity contribution is 0.257. The largest absolute Gasteiger partial charge is 0.390 e. The first-order valence-electron chi connectivity index (χ1n) is 6.22. The summed E-state index contributed by atoms with van der Waals surface area (Å²) >= 11 is 0. The maximum Gasteiger partial charge on any atom is 0.147 e. The minimum Gasteiger partial charge on any atom is -0.390 e. The van der Waals surface area contributed by atoms with Crippen LogP contribution in [0.15, 0.2) is 12.4 Å². The molecule has 94 valence electrons. The molecule has 5 heteroatoms. The molecule has 2 heterocycles. The number of aromatic nitrogens is 2. The maximum atomic E-state index is 9.04. The van der Waals surface area contributed by atoms with Crippen LogP contribution in [-0.2, 0) is 6.61 Å². The SMILES string of the molecule is CCCN1CCN(c2cncc(CO)n2)CC1. The third-order valence-corrected chi connectivity index (χ3v) is 3.07. The van der Waals surface area contributed by atoms with E-state index in [4.69, 9.17) is 5.11 Å². The topological polar surface area (TPSA) is 52.5 Å². The Labute approximate surface area is 102 Å². The molecule has 1 aliphatic rings. The maximum absolute atomic E-state index is 9.04. The van der Waals surface area contributed by atoms with Gasteiger partial charge in [0, 0.05) is 26.2 Å². The molecule has 0 spiro atoms. The molecule has 1 aromatic heterocycles. The fourth-order valence-electron chi connectivity index (χ4n) is 2.14. The fourth-order valence-corrected chi connectivity index (χ4v) is 2.14. The molecule has 0 aromatic carbocycles. The Kier molecular flexibility index (Phi) is 4.28. The molecular formula is C12H20N4O. The molecule has 0 aliphatic carbocycles. The van der Waals surface area contributed by atoms with Gasteiger partial charge in [-0.25, -0.2) is 4.98 Å². The van der Waals surface area contributed by atoms with E-state index in [1.54, 1.807) is 12.4 Å². The number of aliphatic hydroxyl groups excluding tert-OH is 1. The van der Waals surface area contributed by atoms with Gasteiger partial charge in [-0.3, -0.25) is 9.88 Å². The molecular weight excluding hydrogens is 216 g/mol. The second-order valence-electron chi connectivity index (χ2n) is 4.36. The van der Waals surface area contributed by atoms with Gasteiger partial charge in [-0.15, -0.1) is 0 Å². The lowest BCUT2D eigenvalue weighted by atomic mass is 10.3. The molecule has 0 radical (unpaired) electrons. The number of rotatable bonds is 4.